The summed E-state index contributed by atoms with van der Waals surface area (Å²) < 4.78 is 1.46. The van der Waals surface area contributed by atoms with Gasteiger partial charge in [-0.1, -0.05) is 0 Å². The largest absolute Gasteiger partial charge is 0.349 e. The normalized spacial score (nSPS) is 17.5. The number of aromatic nitrogens is 4. The third-order valence-electron chi connectivity index (χ3n) is 3.30. The minimum atomic E-state index is -0.247. The predicted octanol–water partition coefficient (Wildman–Crippen LogP) is 0.00582. The van der Waals surface area contributed by atoms with Crippen LogP contribution in [0.5, 0.6) is 0 Å². The van der Waals surface area contributed by atoms with Crippen molar-refractivity contribution in [3.8, 4) is 0 Å². The molecule has 1 fully saturated rings. The molecule has 1 saturated carbocycles. The highest BCUT2D eigenvalue weighted by Crippen LogP contribution is 2.32. The van der Waals surface area contributed by atoms with Gasteiger partial charge in [-0.25, -0.2) is 19.3 Å². The molecule has 6 nitrogen and oxygen atoms in total. The van der Waals surface area contributed by atoms with E-state index in [-0.39, 0.29) is 11.7 Å². The second kappa shape index (κ2) is 3.66. The Morgan fingerprint density at radius 2 is 2.41 bits per heavy atom. The first kappa shape index (κ1) is 10.5. The van der Waals surface area contributed by atoms with Crippen molar-refractivity contribution in [3.05, 3.63) is 28.1 Å². The molecule has 2 heterocycles. The minimum absolute atomic E-state index is 0.176. The van der Waals surface area contributed by atoms with Crippen LogP contribution in [0.3, 0.4) is 0 Å². The topological polar surface area (TPSA) is 89.1 Å². The van der Waals surface area contributed by atoms with Crippen molar-refractivity contribution in [2.24, 2.45) is 11.7 Å². The summed E-state index contributed by atoms with van der Waals surface area (Å²) in [5, 5.41) is 6.37. The molecule has 3 N–H and O–H groups in total. The van der Waals surface area contributed by atoms with E-state index in [1.165, 1.54) is 17.2 Å². The zero-order valence-corrected chi connectivity index (χ0v) is 9.68. The van der Waals surface area contributed by atoms with Crippen molar-refractivity contribution in [1.82, 2.24) is 19.6 Å². The first-order valence-corrected chi connectivity index (χ1v) is 5.84. The molecule has 6 heteroatoms. The Bertz CT molecular complexity index is 610. The molecule has 0 amide bonds. The number of nitrogens with two attached hydrogens (primary N) is 1. The third-order valence-corrected chi connectivity index (χ3v) is 3.30. The molecule has 1 atom stereocenters. The average Bonchev–Trinajstić information content (AvgIpc) is 3.04. The van der Waals surface area contributed by atoms with E-state index in [1.54, 1.807) is 6.92 Å². The number of hydrogen-bond acceptors (Lipinski definition) is 4. The quantitative estimate of drug-likeness (QED) is 0.781. The van der Waals surface area contributed by atoms with Crippen LogP contribution in [0.15, 0.2) is 10.9 Å². The highest BCUT2D eigenvalue weighted by Gasteiger charge is 2.28. The van der Waals surface area contributed by atoms with Crippen LogP contribution >= 0.6 is 0 Å². The van der Waals surface area contributed by atoms with E-state index < -0.39 is 0 Å². The number of fused-ring (bicyclic) bond motifs is 1. The number of nitrogens with zero attached hydrogens (tertiary/aromatic N) is 3. The molecule has 0 bridgehead atoms. The average molecular weight is 233 g/mol. The van der Waals surface area contributed by atoms with Crippen molar-refractivity contribution < 1.29 is 0 Å². The molecule has 1 unspecified atom stereocenters. The van der Waals surface area contributed by atoms with E-state index in [1.807, 2.05) is 6.07 Å². The lowest BCUT2D eigenvalue weighted by Crippen LogP contribution is -2.26. The number of aromatic amines is 1. The van der Waals surface area contributed by atoms with Gasteiger partial charge in [-0.2, -0.15) is 5.10 Å². The van der Waals surface area contributed by atoms with Crippen LogP contribution in [-0.4, -0.2) is 25.6 Å². The van der Waals surface area contributed by atoms with E-state index in [2.05, 4.69) is 15.2 Å². The van der Waals surface area contributed by atoms with Gasteiger partial charge < -0.3 is 5.73 Å². The SMILES string of the molecule is Cc1nc(CC(N)C2CC2)cc2n[nH]c(=O)n12. The second-order valence-corrected chi connectivity index (χ2v) is 4.72. The summed E-state index contributed by atoms with van der Waals surface area (Å²) in [6.45, 7) is 1.80. The fourth-order valence-electron chi connectivity index (χ4n) is 2.19. The number of hydrogen-bond donors (Lipinski definition) is 2. The summed E-state index contributed by atoms with van der Waals surface area (Å²) in [4.78, 5) is 15.8. The van der Waals surface area contributed by atoms with Crippen molar-refractivity contribution >= 4 is 5.65 Å². The van der Waals surface area contributed by atoms with Gasteiger partial charge in [-0.3, -0.25) is 0 Å². The summed E-state index contributed by atoms with van der Waals surface area (Å²) in [5.74, 6) is 1.30. The van der Waals surface area contributed by atoms with E-state index >= 15 is 0 Å². The smallest absolute Gasteiger partial charge is 0.327 e. The second-order valence-electron chi connectivity index (χ2n) is 4.72. The van der Waals surface area contributed by atoms with Gasteiger partial charge in [0.15, 0.2) is 5.65 Å². The van der Waals surface area contributed by atoms with Crippen LogP contribution in [0.1, 0.15) is 24.4 Å². The monoisotopic (exact) mass is 233 g/mol. The molecule has 2 aromatic rings. The Balaban J connectivity index is 1.97. The molecule has 1 aliphatic rings. The van der Waals surface area contributed by atoms with Gasteiger partial charge >= 0.3 is 5.69 Å². The van der Waals surface area contributed by atoms with Crippen molar-refractivity contribution in [2.45, 2.75) is 32.2 Å². The maximum Gasteiger partial charge on any atom is 0.349 e. The Morgan fingerprint density at radius 3 is 3.12 bits per heavy atom. The van der Waals surface area contributed by atoms with Crippen LogP contribution in [0.25, 0.3) is 5.65 Å². The molecule has 1 aliphatic carbocycles. The van der Waals surface area contributed by atoms with Gasteiger partial charge in [0, 0.05) is 24.2 Å². The van der Waals surface area contributed by atoms with Gasteiger partial charge in [-0.15, -0.1) is 0 Å². The number of H-pyrrole nitrogens is 1. The zero-order chi connectivity index (χ0) is 12.0. The summed E-state index contributed by atoms with van der Waals surface area (Å²) >= 11 is 0. The van der Waals surface area contributed by atoms with Crippen LogP contribution in [0.2, 0.25) is 0 Å². The number of aryl methyl sites for hydroxylation is 1. The standard InChI is InChI=1S/C11H15N5O/c1-6-13-8(4-9(12)7-2-3-7)5-10-14-15-11(17)16(6)10/h5,7,9H,2-4,12H2,1H3,(H,15,17). The lowest BCUT2D eigenvalue weighted by molar-refractivity contribution is 0.582. The predicted molar refractivity (Wildman–Crippen MR) is 62.7 cm³/mol. The molecule has 0 radical (unpaired) electrons. The minimum Gasteiger partial charge on any atom is -0.327 e. The lowest BCUT2D eigenvalue weighted by atomic mass is 10.1. The maximum absolute atomic E-state index is 11.4. The summed E-state index contributed by atoms with van der Waals surface area (Å²) in [6.07, 6.45) is 3.21. The van der Waals surface area contributed by atoms with Gasteiger partial charge in [0.05, 0.1) is 0 Å². The molecule has 3 rings (SSSR count). The van der Waals surface area contributed by atoms with Crippen LogP contribution in [0.4, 0.5) is 0 Å². The molecular formula is C11H15N5O. The van der Waals surface area contributed by atoms with E-state index in [0.29, 0.717) is 17.4 Å². The number of nitrogens with one attached hydrogen (secondary N) is 1. The molecule has 0 saturated heterocycles. The van der Waals surface area contributed by atoms with Crippen molar-refractivity contribution in [3.63, 3.8) is 0 Å². The fourth-order valence-corrected chi connectivity index (χ4v) is 2.19. The zero-order valence-electron chi connectivity index (χ0n) is 9.68. The molecular weight excluding hydrogens is 218 g/mol. The van der Waals surface area contributed by atoms with Crippen molar-refractivity contribution in [1.29, 1.82) is 0 Å². The summed E-state index contributed by atoms with van der Waals surface area (Å²) in [6, 6.07) is 2.00. The lowest BCUT2D eigenvalue weighted by Gasteiger charge is -2.10. The van der Waals surface area contributed by atoms with Gasteiger partial charge in [0.2, 0.25) is 0 Å². The Morgan fingerprint density at radius 1 is 1.65 bits per heavy atom. The van der Waals surface area contributed by atoms with Gasteiger partial charge in [0.1, 0.15) is 5.82 Å². The Hall–Kier alpha value is -1.69. The summed E-state index contributed by atoms with van der Waals surface area (Å²) in [5.41, 5.74) is 7.35. The molecule has 0 aromatic carbocycles. The van der Waals surface area contributed by atoms with Crippen molar-refractivity contribution in [2.75, 3.05) is 0 Å². The molecule has 2 aromatic heterocycles. The van der Waals surface area contributed by atoms with Gasteiger partial charge in [0.25, 0.3) is 0 Å². The van der Waals surface area contributed by atoms with E-state index in [4.69, 9.17) is 5.73 Å². The Labute approximate surface area is 97.9 Å². The molecule has 90 valence electrons. The molecule has 17 heavy (non-hydrogen) atoms. The van der Waals surface area contributed by atoms with E-state index in [9.17, 15) is 4.79 Å². The van der Waals surface area contributed by atoms with Crippen LogP contribution < -0.4 is 11.4 Å². The first-order chi connectivity index (χ1) is 8.15. The Kier molecular flexibility index (Phi) is 2.25. The maximum atomic E-state index is 11.4. The van der Waals surface area contributed by atoms with E-state index in [0.717, 1.165) is 12.1 Å². The highest BCUT2D eigenvalue weighted by atomic mass is 16.1. The number of rotatable bonds is 3. The third kappa shape index (κ3) is 1.84. The van der Waals surface area contributed by atoms with Crippen LogP contribution in [0, 0.1) is 12.8 Å². The van der Waals surface area contributed by atoms with Gasteiger partial charge in [-0.05, 0) is 25.7 Å². The fraction of sp³-hybridized carbons (Fsp3) is 0.545. The van der Waals surface area contributed by atoms with Crippen LogP contribution in [-0.2, 0) is 6.42 Å². The molecule has 0 spiro atoms. The molecule has 0 aliphatic heterocycles. The summed E-state index contributed by atoms with van der Waals surface area (Å²) in [7, 11) is 0. The first-order valence-electron chi connectivity index (χ1n) is 5.84. The highest BCUT2D eigenvalue weighted by molar-refractivity contribution is 5.38.